The van der Waals surface area contributed by atoms with Crippen molar-refractivity contribution in [3.05, 3.63) is 46.1 Å². The molecule has 0 aliphatic rings. The molecule has 22 heavy (non-hydrogen) atoms. The topological polar surface area (TPSA) is 99.8 Å². The molecule has 1 amide bonds. The van der Waals surface area contributed by atoms with E-state index in [0.717, 1.165) is 18.7 Å². The van der Waals surface area contributed by atoms with E-state index in [2.05, 4.69) is 25.6 Å². The fourth-order valence-electron chi connectivity index (χ4n) is 2.10. The second kappa shape index (κ2) is 7.35. The van der Waals surface area contributed by atoms with Crippen molar-refractivity contribution in [3.8, 4) is 0 Å². The Bertz CT molecular complexity index is 697. The number of carbonyl (C=O) groups excluding carboxylic acids is 1. The van der Waals surface area contributed by atoms with E-state index < -0.39 is 0 Å². The number of hydrogen-bond acceptors (Lipinski definition) is 5. The summed E-state index contributed by atoms with van der Waals surface area (Å²) in [5.41, 5.74) is 2.01. The van der Waals surface area contributed by atoms with Crippen LogP contribution in [0.4, 0.5) is 11.6 Å². The molecule has 2 heterocycles. The van der Waals surface area contributed by atoms with Crippen LogP contribution in [0.1, 0.15) is 24.6 Å². The zero-order valence-electron chi connectivity index (χ0n) is 12.6. The molecule has 7 nitrogen and oxygen atoms in total. The van der Waals surface area contributed by atoms with Gasteiger partial charge in [-0.2, -0.15) is 0 Å². The molecule has 0 saturated carbocycles. The molecular formula is C15H19N5O2. The minimum absolute atomic E-state index is 0.187. The van der Waals surface area contributed by atoms with E-state index in [-0.39, 0.29) is 17.4 Å². The van der Waals surface area contributed by atoms with Gasteiger partial charge in [0.05, 0.1) is 5.69 Å². The highest BCUT2D eigenvalue weighted by Crippen LogP contribution is 2.07. The van der Waals surface area contributed by atoms with Crippen molar-refractivity contribution in [2.75, 3.05) is 17.2 Å². The van der Waals surface area contributed by atoms with Crippen molar-refractivity contribution in [3.63, 3.8) is 0 Å². The number of aromatic nitrogens is 3. The molecule has 0 aromatic carbocycles. The number of anilines is 2. The molecule has 2 rings (SSSR count). The van der Waals surface area contributed by atoms with Crippen LogP contribution in [0.3, 0.4) is 0 Å². The van der Waals surface area contributed by atoms with Gasteiger partial charge < -0.3 is 5.32 Å². The number of amides is 1. The van der Waals surface area contributed by atoms with Crippen molar-refractivity contribution in [2.45, 2.75) is 26.7 Å². The van der Waals surface area contributed by atoms with E-state index in [1.165, 1.54) is 6.92 Å². The normalized spacial score (nSPS) is 10.3. The average Bonchev–Trinajstić information content (AvgIpc) is 2.46. The summed E-state index contributed by atoms with van der Waals surface area (Å²) in [7, 11) is 0. The molecule has 0 atom stereocenters. The Hall–Kier alpha value is -2.70. The Labute approximate surface area is 128 Å². The Morgan fingerprint density at radius 1 is 1.41 bits per heavy atom. The van der Waals surface area contributed by atoms with Gasteiger partial charge in [-0.05, 0) is 31.9 Å². The summed E-state index contributed by atoms with van der Waals surface area (Å²) in [6.07, 6.45) is 4.87. The van der Waals surface area contributed by atoms with Crippen molar-refractivity contribution in [1.82, 2.24) is 15.0 Å². The summed E-state index contributed by atoms with van der Waals surface area (Å²) in [6.45, 7) is 3.87. The Morgan fingerprint density at radius 3 is 2.86 bits per heavy atom. The molecule has 0 spiro atoms. The van der Waals surface area contributed by atoms with E-state index in [1.807, 2.05) is 12.1 Å². The largest absolute Gasteiger partial charge is 0.384 e. The lowest BCUT2D eigenvalue weighted by atomic mass is 10.1. The van der Waals surface area contributed by atoms with Crippen LogP contribution >= 0.6 is 0 Å². The summed E-state index contributed by atoms with van der Waals surface area (Å²) in [5, 5.41) is 5.72. The number of hydrogen-bond donors (Lipinski definition) is 3. The molecule has 2 aromatic heterocycles. The number of carbonyl (C=O) groups is 1. The predicted molar refractivity (Wildman–Crippen MR) is 84.9 cm³/mol. The lowest BCUT2D eigenvalue weighted by molar-refractivity contribution is -0.114. The Balaban J connectivity index is 1.92. The predicted octanol–water partition coefficient (Wildman–Crippen LogP) is 1.48. The molecule has 7 heteroatoms. The molecule has 0 unspecified atom stereocenters. The molecule has 0 aliphatic heterocycles. The number of pyridine rings is 1. The second-order valence-corrected chi connectivity index (χ2v) is 4.93. The van der Waals surface area contributed by atoms with Gasteiger partial charge in [0.2, 0.25) is 11.9 Å². The quantitative estimate of drug-likeness (QED) is 0.702. The fraction of sp³-hybridized carbons (Fsp3) is 0.333. The summed E-state index contributed by atoms with van der Waals surface area (Å²) in [4.78, 5) is 33.8. The molecule has 0 radical (unpaired) electrons. The summed E-state index contributed by atoms with van der Waals surface area (Å²) >= 11 is 0. The molecule has 116 valence electrons. The smallest absolute Gasteiger partial charge is 0.255 e. The lowest BCUT2D eigenvalue weighted by Gasteiger charge is -2.08. The lowest BCUT2D eigenvalue weighted by Crippen LogP contribution is -2.21. The third kappa shape index (κ3) is 4.41. The maximum atomic E-state index is 12.0. The number of aromatic amines is 1. The molecule has 0 saturated heterocycles. The highest BCUT2D eigenvalue weighted by molar-refractivity contribution is 5.86. The van der Waals surface area contributed by atoms with Crippen molar-refractivity contribution in [2.24, 2.45) is 0 Å². The molecule has 0 aliphatic carbocycles. The summed E-state index contributed by atoms with van der Waals surface area (Å²) in [6, 6.07) is 3.80. The molecule has 0 bridgehead atoms. The van der Waals surface area contributed by atoms with E-state index in [0.29, 0.717) is 17.7 Å². The number of nitrogens with one attached hydrogen (secondary N) is 3. The highest BCUT2D eigenvalue weighted by Gasteiger charge is 2.08. The third-order valence-corrected chi connectivity index (χ3v) is 3.11. The Kier molecular flexibility index (Phi) is 5.24. The number of rotatable bonds is 6. The second-order valence-electron chi connectivity index (χ2n) is 4.93. The standard InChI is InChI=1S/C15H19N5O2/c1-10-13(14(22)20-15(18-10)19-11(2)21)6-4-8-17-12-5-3-7-16-9-12/h3,5,7,9,17H,4,6,8H2,1-2H3,(H2,18,19,20,21,22). The van der Waals surface area contributed by atoms with Crippen LogP contribution in [0.2, 0.25) is 0 Å². The zero-order valence-corrected chi connectivity index (χ0v) is 12.6. The zero-order chi connectivity index (χ0) is 15.9. The van der Waals surface area contributed by atoms with Gasteiger partial charge >= 0.3 is 0 Å². The first-order valence-corrected chi connectivity index (χ1v) is 7.07. The van der Waals surface area contributed by atoms with Crippen LogP contribution in [-0.2, 0) is 11.2 Å². The number of H-pyrrole nitrogens is 1. The van der Waals surface area contributed by atoms with Crippen LogP contribution in [0.25, 0.3) is 0 Å². The van der Waals surface area contributed by atoms with Crippen LogP contribution in [0, 0.1) is 6.92 Å². The minimum atomic E-state index is -0.268. The first-order valence-electron chi connectivity index (χ1n) is 7.07. The molecule has 3 N–H and O–H groups in total. The summed E-state index contributed by atoms with van der Waals surface area (Å²) < 4.78 is 0. The van der Waals surface area contributed by atoms with Gasteiger partial charge in [-0.15, -0.1) is 0 Å². The monoisotopic (exact) mass is 301 g/mol. The maximum Gasteiger partial charge on any atom is 0.255 e. The highest BCUT2D eigenvalue weighted by atomic mass is 16.1. The Morgan fingerprint density at radius 2 is 2.23 bits per heavy atom. The van der Waals surface area contributed by atoms with E-state index in [4.69, 9.17) is 0 Å². The van der Waals surface area contributed by atoms with E-state index >= 15 is 0 Å². The van der Waals surface area contributed by atoms with Crippen molar-refractivity contribution in [1.29, 1.82) is 0 Å². The van der Waals surface area contributed by atoms with Gasteiger partial charge in [0, 0.05) is 37.1 Å². The molecular weight excluding hydrogens is 282 g/mol. The third-order valence-electron chi connectivity index (χ3n) is 3.11. The first kappa shape index (κ1) is 15.7. The average molecular weight is 301 g/mol. The van der Waals surface area contributed by atoms with Crippen LogP contribution in [0.15, 0.2) is 29.3 Å². The van der Waals surface area contributed by atoms with Gasteiger partial charge in [0.1, 0.15) is 0 Å². The van der Waals surface area contributed by atoms with Crippen LogP contribution in [0.5, 0.6) is 0 Å². The fourth-order valence-corrected chi connectivity index (χ4v) is 2.10. The first-order chi connectivity index (χ1) is 10.6. The van der Waals surface area contributed by atoms with Crippen LogP contribution in [-0.4, -0.2) is 27.4 Å². The minimum Gasteiger partial charge on any atom is -0.384 e. The van der Waals surface area contributed by atoms with Gasteiger partial charge in [-0.25, -0.2) is 4.98 Å². The summed E-state index contributed by atoms with van der Waals surface area (Å²) in [5.74, 6) is -0.0804. The van der Waals surface area contributed by atoms with Gasteiger partial charge in [0.15, 0.2) is 0 Å². The number of aryl methyl sites for hydroxylation is 1. The maximum absolute atomic E-state index is 12.0. The van der Waals surface area contributed by atoms with Gasteiger partial charge in [-0.3, -0.25) is 24.9 Å². The molecule has 2 aromatic rings. The van der Waals surface area contributed by atoms with Crippen molar-refractivity contribution >= 4 is 17.5 Å². The van der Waals surface area contributed by atoms with Crippen molar-refractivity contribution < 1.29 is 4.79 Å². The van der Waals surface area contributed by atoms with E-state index in [9.17, 15) is 9.59 Å². The number of nitrogens with zero attached hydrogens (tertiary/aromatic N) is 2. The van der Waals surface area contributed by atoms with E-state index in [1.54, 1.807) is 19.3 Å². The SMILES string of the molecule is CC(=O)Nc1nc(C)c(CCCNc2cccnc2)c(=O)[nH]1. The molecule has 0 fully saturated rings. The van der Waals surface area contributed by atoms with Gasteiger partial charge in [0.25, 0.3) is 5.56 Å². The van der Waals surface area contributed by atoms with Crippen LogP contribution < -0.4 is 16.2 Å². The van der Waals surface area contributed by atoms with Gasteiger partial charge in [-0.1, -0.05) is 0 Å².